The summed E-state index contributed by atoms with van der Waals surface area (Å²) >= 11 is 8.67. The van der Waals surface area contributed by atoms with Crippen molar-refractivity contribution in [3.05, 3.63) is 59.1 Å². The Morgan fingerprint density at radius 2 is 2.07 bits per heavy atom. The number of hydrogen-bond acceptors (Lipinski definition) is 8. The van der Waals surface area contributed by atoms with E-state index >= 15 is 0 Å². The van der Waals surface area contributed by atoms with Crippen molar-refractivity contribution in [2.24, 2.45) is 0 Å². The molecule has 2 aromatic carbocycles. The molecule has 0 saturated heterocycles. The molecule has 4 rings (SSSR count). The van der Waals surface area contributed by atoms with Gasteiger partial charge in [-0.15, -0.1) is 15.3 Å². The fourth-order valence-electron chi connectivity index (χ4n) is 2.42. The second kappa shape index (κ2) is 8.17. The number of halogens is 1. The van der Waals surface area contributed by atoms with Crippen LogP contribution in [0.25, 0.3) is 4.96 Å². The van der Waals surface area contributed by atoms with Gasteiger partial charge in [-0.05, 0) is 42.5 Å². The number of methoxy groups -OCH3 is 1. The largest absolute Gasteiger partial charge is 0.497 e. The lowest BCUT2D eigenvalue weighted by Gasteiger charge is -2.02. The summed E-state index contributed by atoms with van der Waals surface area (Å²) in [6, 6.07) is 14.4. The molecule has 0 amide bonds. The average Bonchev–Trinajstić information content (AvgIpc) is 3.26. The standard InChI is InChI=1S/C18H14ClN5O2S2/c1-26-14-7-5-11(6-8-14)15(25)10-27-17-21-22-18-24(17)23-16(28-18)20-13-4-2-3-12(19)9-13/h2-9H,10H2,1H3,(H,20,23). The van der Waals surface area contributed by atoms with Gasteiger partial charge in [0, 0.05) is 16.3 Å². The summed E-state index contributed by atoms with van der Waals surface area (Å²) in [7, 11) is 1.59. The lowest BCUT2D eigenvalue weighted by molar-refractivity contribution is 0.102. The van der Waals surface area contributed by atoms with Crippen LogP contribution >= 0.6 is 34.7 Å². The van der Waals surface area contributed by atoms with Crippen LogP contribution in [0.15, 0.2) is 53.7 Å². The van der Waals surface area contributed by atoms with Crippen LogP contribution < -0.4 is 10.1 Å². The van der Waals surface area contributed by atoms with E-state index in [1.165, 1.54) is 23.1 Å². The molecule has 0 unspecified atom stereocenters. The van der Waals surface area contributed by atoms with E-state index in [4.69, 9.17) is 16.3 Å². The Balaban J connectivity index is 1.45. The van der Waals surface area contributed by atoms with E-state index in [1.54, 1.807) is 42.0 Å². The molecular weight excluding hydrogens is 418 g/mol. The minimum atomic E-state index is -0.00286. The van der Waals surface area contributed by atoms with Crippen LogP contribution in [0.4, 0.5) is 10.8 Å². The average molecular weight is 432 g/mol. The van der Waals surface area contributed by atoms with Crippen molar-refractivity contribution in [2.75, 3.05) is 18.2 Å². The highest BCUT2D eigenvalue weighted by atomic mass is 35.5. The minimum Gasteiger partial charge on any atom is -0.497 e. The van der Waals surface area contributed by atoms with Gasteiger partial charge in [0.25, 0.3) is 0 Å². The van der Waals surface area contributed by atoms with Gasteiger partial charge >= 0.3 is 0 Å². The number of nitrogens with one attached hydrogen (secondary N) is 1. The van der Waals surface area contributed by atoms with E-state index in [9.17, 15) is 4.79 Å². The first-order chi connectivity index (χ1) is 13.6. The predicted octanol–water partition coefficient (Wildman–Crippen LogP) is 4.57. The Hall–Kier alpha value is -2.62. The van der Waals surface area contributed by atoms with Crippen molar-refractivity contribution >= 4 is 56.3 Å². The summed E-state index contributed by atoms with van der Waals surface area (Å²) in [4.78, 5) is 13.0. The van der Waals surface area contributed by atoms with Crippen LogP contribution in [0.1, 0.15) is 10.4 Å². The first-order valence-electron chi connectivity index (χ1n) is 8.17. The number of ketones is 1. The summed E-state index contributed by atoms with van der Waals surface area (Å²) < 4.78 is 6.74. The van der Waals surface area contributed by atoms with Gasteiger partial charge in [-0.25, -0.2) is 0 Å². The molecule has 2 aromatic heterocycles. The molecule has 2 heterocycles. The topological polar surface area (TPSA) is 81.4 Å². The number of nitrogens with zero attached hydrogens (tertiary/aromatic N) is 4. The number of carbonyl (C=O) groups excluding carboxylic acids is 1. The first kappa shape index (κ1) is 18.7. The number of aromatic nitrogens is 4. The van der Waals surface area contributed by atoms with Gasteiger partial charge in [0.05, 0.1) is 12.9 Å². The van der Waals surface area contributed by atoms with E-state index in [0.29, 0.717) is 31.6 Å². The number of thioether (sulfide) groups is 1. The van der Waals surface area contributed by atoms with E-state index in [-0.39, 0.29) is 11.5 Å². The Kier molecular flexibility index (Phi) is 5.47. The van der Waals surface area contributed by atoms with Crippen molar-refractivity contribution in [2.45, 2.75) is 5.16 Å². The maximum atomic E-state index is 12.4. The van der Waals surface area contributed by atoms with Gasteiger partial charge < -0.3 is 10.1 Å². The minimum absolute atomic E-state index is 0.00286. The second-order valence-electron chi connectivity index (χ2n) is 5.66. The molecular formula is C18H14ClN5O2S2. The van der Waals surface area contributed by atoms with Gasteiger partial charge in [-0.1, -0.05) is 40.8 Å². The number of ether oxygens (including phenoxy) is 1. The fraction of sp³-hybridized carbons (Fsp3) is 0.111. The van der Waals surface area contributed by atoms with Crippen LogP contribution in [0.5, 0.6) is 5.75 Å². The van der Waals surface area contributed by atoms with Crippen molar-refractivity contribution in [1.29, 1.82) is 0 Å². The lowest BCUT2D eigenvalue weighted by atomic mass is 10.1. The van der Waals surface area contributed by atoms with Crippen molar-refractivity contribution in [1.82, 2.24) is 19.8 Å². The third-order valence-corrected chi connectivity index (χ3v) is 5.75. The number of hydrogen-bond donors (Lipinski definition) is 1. The number of anilines is 2. The van der Waals surface area contributed by atoms with Crippen LogP contribution in [-0.4, -0.2) is 38.5 Å². The molecule has 1 N–H and O–H groups in total. The van der Waals surface area contributed by atoms with Crippen LogP contribution in [0.2, 0.25) is 5.02 Å². The first-order valence-corrected chi connectivity index (χ1v) is 10.4. The monoisotopic (exact) mass is 431 g/mol. The molecule has 142 valence electrons. The molecule has 7 nitrogen and oxygen atoms in total. The van der Waals surface area contributed by atoms with E-state index in [2.05, 4.69) is 20.6 Å². The van der Waals surface area contributed by atoms with E-state index < -0.39 is 0 Å². The zero-order valence-electron chi connectivity index (χ0n) is 14.6. The molecule has 0 fully saturated rings. The fourth-order valence-corrected chi connectivity index (χ4v) is 4.20. The maximum Gasteiger partial charge on any atom is 0.237 e. The highest BCUT2D eigenvalue weighted by Gasteiger charge is 2.15. The van der Waals surface area contributed by atoms with Gasteiger partial charge in [-0.2, -0.15) is 4.52 Å². The number of carbonyl (C=O) groups is 1. The molecule has 0 saturated carbocycles. The molecule has 4 aromatic rings. The molecule has 0 spiro atoms. The normalized spacial score (nSPS) is 10.9. The van der Waals surface area contributed by atoms with Crippen LogP contribution in [0.3, 0.4) is 0 Å². The third kappa shape index (κ3) is 4.11. The van der Waals surface area contributed by atoms with Crippen molar-refractivity contribution < 1.29 is 9.53 Å². The van der Waals surface area contributed by atoms with Crippen LogP contribution in [-0.2, 0) is 0 Å². The van der Waals surface area contributed by atoms with Gasteiger partial charge in [0.2, 0.25) is 15.2 Å². The maximum absolute atomic E-state index is 12.4. The third-order valence-electron chi connectivity index (χ3n) is 3.78. The van der Waals surface area contributed by atoms with Gasteiger partial charge in [0.1, 0.15) is 5.75 Å². The molecule has 0 atom stereocenters. The Labute approximate surface area is 173 Å². The Morgan fingerprint density at radius 3 is 2.82 bits per heavy atom. The molecule has 0 aliphatic heterocycles. The summed E-state index contributed by atoms with van der Waals surface area (Å²) in [6.07, 6.45) is 0. The van der Waals surface area contributed by atoms with E-state index in [0.717, 1.165) is 5.69 Å². The van der Waals surface area contributed by atoms with Gasteiger partial charge in [-0.3, -0.25) is 4.79 Å². The number of rotatable bonds is 7. The predicted molar refractivity (Wildman–Crippen MR) is 111 cm³/mol. The quantitative estimate of drug-likeness (QED) is 0.339. The van der Waals surface area contributed by atoms with Crippen LogP contribution in [0, 0.1) is 0 Å². The molecule has 0 aliphatic carbocycles. The molecule has 0 bridgehead atoms. The number of benzene rings is 2. The smallest absolute Gasteiger partial charge is 0.237 e. The number of Topliss-reactive ketones (excluding diaryl/α,β-unsaturated/α-hetero) is 1. The highest BCUT2D eigenvalue weighted by molar-refractivity contribution is 7.99. The van der Waals surface area contributed by atoms with Gasteiger partial charge in [0.15, 0.2) is 5.78 Å². The number of fused-ring (bicyclic) bond motifs is 1. The Bertz CT molecular complexity index is 1130. The molecule has 28 heavy (non-hydrogen) atoms. The summed E-state index contributed by atoms with van der Waals surface area (Å²) in [5.41, 5.74) is 1.46. The second-order valence-corrected chi connectivity index (χ2v) is 7.99. The van der Waals surface area contributed by atoms with Crippen molar-refractivity contribution in [3.63, 3.8) is 0 Å². The van der Waals surface area contributed by atoms with E-state index in [1.807, 2.05) is 18.2 Å². The molecule has 0 aliphatic rings. The zero-order valence-corrected chi connectivity index (χ0v) is 17.0. The summed E-state index contributed by atoms with van der Waals surface area (Å²) in [6.45, 7) is 0. The summed E-state index contributed by atoms with van der Waals surface area (Å²) in [5, 5.41) is 17.8. The highest BCUT2D eigenvalue weighted by Crippen LogP contribution is 2.27. The zero-order chi connectivity index (χ0) is 19.5. The molecule has 0 radical (unpaired) electrons. The van der Waals surface area contributed by atoms with Crippen molar-refractivity contribution in [3.8, 4) is 5.75 Å². The molecule has 10 heteroatoms. The summed E-state index contributed by atoms with van der Waals surface area (Å²) in [5.74, 6) is 0.948. The SMILES string of the molecule is COc1ccc(C(=O)CSc2nnc3sc(Nc4cccc(Cl)c4)nn23)cc1. The Morgan fingerprint density at radius 1 is 1.25 bits per heavy atom. The lowest BCUT2D eigenvalue weighted by Crippen LogP contribution is -2.03.